The summed E-state index contributed by atoms with van der Waals surface area (Å²) in [6, 6.07) is 7.90. The fraction of sp³-hybridized carbons (Fsp3) is 0. The van der Waals surface area contributed by atoms with Gasteiger partial charge in [-0.05, 0) is 30.3 Å². The number of benzene rings is 1. The monoisotopic (exact) mass is 348 g/mol. The van der Waals surface area contributed by atoms with Crippen molar-refractivity contribution in [2.45, 2.75) is 4.90 Å². The van der Waals surface area contributed by atoms with Crippen molar-refractivity contribution in [1.82, 2.24) is 15.0 Å². The Morgan fingerprint density at radius 1 is 1.04 bits per heavy atom. The van der Waals surface area contributed by atoms with E-state index in [9.17, 15) is 8.42 Å². The van der Waals surface area contributed by atoms with Crippen LogP contribution in [0, 0.1) is 0 Å². The van der Waals surface area contributed by atoms with Crippen molar-refractivity contribution in [2.24, 2.45) is 0 Å². The lowest BCUT2D eigenvalue weighted by Gasteiger charge is -2.08. The molecule has 3 aromatic rings. The molecule has 0 fully saturated rings. The third-order valence-electron chi connectivity index (χ3n) is 2.77. The summed E-state index contributed by atoms with van der Waals surface area (Å²) in [4.78, 5) is 11.8. The van der Waals surface area contributed by atoms with E-state index in [1.54, 1.807) is 23.6 Å². The summed E-state index contributed by atoms with van der Waals surface area (Å²) in [5.74, 6) is 0.677. The summed E-state index contributed by atoms with van der Waals surface area (Å²) in [5.41, 5.74) is 6.18. The normalized spacial score (nSPS) is 11.1. The van der Waals surface area contributed by atoms with Crippen LogP contribution in [0.4, 0.5) is 22.6 Å². The maximum Gasteiger partial charge on any atom is 0.263 e. The molecule has 4 N–H and O–H groups in total. The first kappa shape index (κ1) is 15.2. The highest BCUT2D eigenvalue weighted by Gasteiger charge is 2.15. The molecule has 3 rings (SSSR count). The molecule has 0 spiro atoms. The van der Waals surface area contributed by atoms with E-state index in [2.05, 4.69) is 25.0 Å². The second-order valence-electron chi connectivity index (χ2n) is 4.39. The summed E-state index contributed by atoms with van der Waals surface area (Å²) in [7, 11) is -3.66. The highest BCUT2D eigenvalue weighted by molar-refractivity contribution is 7.93. The standard InChI is InChI=1S/C13H12N6O2S2/c14-12-15-6-5-11(18-12)17-9-1-3-10(4-2-9)23(20,21)19-13-16-7-8-22-13/h1-8H,(H,16,19)(H3,14,15,17,18). The summed E-state index contributed by atoms with van der Waals surface area (Å²) in [6.45, 7) is 0. The van der Waals surface area contributed by atoms with Gasteiger partial charge in [-0.1, -0.05) is 0 Å². The number of nitrogens with zero attached hydrogens (tertiary/aromatic N) is 3. The first-order valence-electron chi connectivity index (χ1n) is 6.41. The Morgan fingerprint density at radius 2 is 1.83 bits per heavy atom. The molecule has 1 aromatic carbocycles. The smallest absolute Gasteiger partial charge is 0.263 e. The average Bonchev–Trinajstić information content (AvgIpc) is 3.00. The zero-order valence-electron chi connectivity index (χ0n) is 11.7. The largest absolute Gasteiger partial charge is 0.368 e. The molecular formula is C13H12N6O2S2. The second kappa shape index (κ2) is 6.18. The predicted octanol–water partition coefficient (Wildman–Crippen LogP) is 2.06. The van der Waals surface area contributed by atoms with E-state index in [4.69, 9.17) is 5.73 Å². The molecule has 2 heterocycles. The van der Waals surface area contributed by atoms with Crippen molar-refractivity contribution < 1.29 is 8.42 Å². The average molecular weight is 348 g/mol. The Morgan fingerprint density at radius 3 is 2.48 bits per heavy atom. The quantitative estimate of drug-likeness (QED) is 0.645. The number of sulfonamides is 1. The number of nitrogens with one attached hydrogen (secondary N) is 2. The summed E-state index contributed by atoms with van der Waals surface area (Å²) in [5, 5.41) is 5.03. The van der Waals surface area contributed by atoms with Crippen LogP contribution in [0.25, 0.3) is 0 Å². The highest BCUT2D eigenvalue weighted by atomic mass is 32.2. The fourth-order valence-electron chi connectivity index (χ4n) is 1.76. The predicted molar refractivity (Wildman–Crippen MR) is 89.1 cm³/mol. The number of aromatic nitrogens is 3. The molecule has 0 atom stereocenters. The number of hydrogen-bond donors (Lipinski definition) is 3. The maximum atomic E-state index is 12.2. The Bertz CT molecular complexity index is 894. The summed E-state index contributed by atoms with van der Waals surface area (Å²) < 4.78 is 26.8. The Labute approximate surface area is 136 Å². The minimum atomic E-state index is -3.66. The second-order valence-corrected chi connectivity index (χ2v) is 6.97. The lowest BCUT2D eigenvalue weighted by Crippen LogP contribution is -2.12. The van der Waals surface area contributed by atoms with Gasteiger partial charge in [0.05, 0.1) is 4.90 Å². The van der Waals surface area contributed by atoms with E-state index in [-0.39, 0.29) is 10.8 Å². The van der Waals surface area contributed by atoms with E-state index in [0.717, 1.165) is 0 Å². The van der Waals surface area contributed by atoms with Gasteiger partial charge in [-0.2, -0.15) is 4.98 Å². The molecule has 2 aromatic heterocycles. The van der Waals surface area contributed by atoms with Gasteiger partial charge in [-0.3, -0.25) is 4.72 Å². The maximum absolute atomic E-state index is 12.2. The first-order valence-corrected chi connectivity index (χ1v) is 8.77. The summed E-state index contributed by atoms with van der Waals surface area (Å²) in [6.07, 6.45) is 3.06. The van der Waals surface area contributed by atoms with Gasteiger partial charge in [0.1, 0.15) is 5.82 Å². The van der Waals surface area contributed by atoms with Gasteiger partial charge in [-0.15, -0.1) is 11.3 Å². The Kier molecular flexibility index (Phi) is 4.08. The van der Waals surface area contributed by atoms with Crippen LogP contribution in [0.2, 0.25) is 0 Å². The number of hydrogen-bond acceptors (Lipinski definition) is 8. The first-order chi connectivity index (χ1) is 11.0. The molecule has 118 valence electrons. The zero-order chi connectivity index (χ0) is 16.3. The van der Waals surface area contributed by atoms with Crippen molar-refractivity contribution in [3.8, 4) is 0 Å². The van der Waals surface area contributed by atoms with Crippen molar-refractivity contribution in [3.05, 3.63) is 48.1 Å². The van der Waals surface area contributed by atoms with Gasteiger partial charge in [0.25, 0.3) is 10.0 Å². The van der Waals surface area contributed by atoms with Gasteiger partial charge in [0.15, 0.2) is 5.13 Å². The number of thiazole rings is 1. The third kappa shape index (κ3) is 3.73. The molecular weight excluding hydrogens is 336 g/mol. The molecule has 0 bridgehead atoms. The summed E-state index contributed by atoms with van der Waals surface area (Å²) >= 11 is 1.21. The number of nitrogens with two attached hydrogens (primary N) is 1. The highest BCUT2D eigenvalue weighted by Crippen LogP contribution is 2.21. The minimum absolute atomic E-state index is 0.139. The molecule has 0 radical (unpaired) electrons. The van der Waals surface area contributed by atoms with Crippen LogP contribution in [-0.4, -0.2) is 23.4 Å². The number of nitrogen functional groups attached to an aromatic ring is 1. The van der Waals surface area contributed by atoms with E-state index in [0.29, 0.717) is 16.6 Å². The van der Waals surface area contributed by atoms with Gasteiger partial charge in [0.2, 0.25) is 5.95 Å². The molecule has 23 heavy (non-hydrogen) atoms. The van der Waals surface area contributed by atoms with E-state index in [1.165, 1.54) is 35.9 Å². The van der Waals surface area contributed by atoms with E-state index >= 15 is 0 Å². The Hall–Kier alpha value is -2.72. The van der Waals surface area contributed by atoms with Crippen LogP contribution in [0.5, 0.6) is 0 Å². The molecule has 0 saturated heterocycles. The molecule has 0 aliphatic heterocycles. The van der Waals surface area contributed by atoms with Gasteiger partial charge < -0.3 is 11.1 Å². The van der Waals surface area contributed by atoms with Crippen LogP contribution in [0.1, 0.15) is 0 Å². The topological polar surface area (TPSA) is 123 Å². The molecule has 0 unspecified atom stereocenters. The van der Waals surface area contributed by atoms with Gasteiger partial charge >= 0.3 is 0 Å². The molecule has 8 nitrogen and oxygen atoms in total. The van der Waals surface area contributed by atoms with Crippen molar-refractivity contribution in [3.63, 3.8) is 0 Å². The van der Waals surface area contributed by atoms with Crippen LogP contribution in [0.3, 0.4) is 0 Å². The SMILES string of the molecule is Nc1nccc(Nc2ccc(S(=O)(=O)Nc3nccs3)cc2)n1. The van der Waals surface area contributed by atoms with Crippen molar-refractivity contribution in [1.29, 1.82) is 0 Å². The van der Waals surface area contributed by atoms with Gasteiger partial charge in [-0.25, -0.2) is 18.4 Å². The number of rotatable bonds is 5. The van der Waals surface area contributed by atoms with Crippen molar-refractivity contribution in [2.75, 3.05) is 15.8 Å². The van der Waals surface area contributed by atoms with E-state index in [1.807, 2.05) is 0 Å². The molecule has 0 amide bonds. The molecule has 10 heteroatoms. The zero-order valence-corrected chi connectivity index (χ0v) is 13.3. The molecule has 0 aliphatic rings. The van der Waals surface area contributed by atoms with Crippen LogP contribution >= 0.6 is 11.3 Å². The van der Waals surface area contributed by atoms with E-state index < -0.39 is 10.0 Å². The van der Waals surface area contributed by atoms with Crippen molar-refractivity contribution >= 4 is 43.9 Å². The molecule has 0 aliphatic carbocycles. The van der Waals surface area contributed by atoms with Crippen LogP contribution in [-0.2, 0) is 10.0 Å². The van der Waals surface area contributed by atoms with Crippen LogP contribution in [0.15, 0.2) is 53.0 Å². The van der Waals surface area contributed by atoms with Gasteiger partial charge in [0, 0.05) is 23.5 Å². The minimum Gasteiger partial charge on any atom is -0.368 e. The fourth-order valence-corrected chi connectivity index (χ4v) is 3.55. The molecule has 0 saturated carbocycles. The number of anilines is 4. The lowest BCUT2D eigenvalue weighted by molar-refractivity contribution is 0.601. The Balaban J connectivity index is 1.76. The lowest BCUT2D eigenvalue weighted by atomic mass is 10.3. The van der Waals surface area contributed by atoms with Crippen LogP contribution < -0.4 is 15.8 Å². The third-order valence-corrected chi connectivity index (χ3v) is 4.94.